The van der Waals surface area contributed by atoms with Crippen LogP contribution in [0.1, 0.15) is 40.8 Å². The number of hydrogen-bond donors (Lipinski definition) is 3. The van der Waals surface area contributed by atoms with Crippen LogP contribution in [-0.2, 0) is 4.74 Å². The number of likely N-dealkylation sites (N-methyl/N-ethyl adjacent to an activating group) is 1. The number of imide groups is 1. The van der Waals surface area contributed by atoms with Crippen molar-refractivity contribution in [3.05, 3.63) is 48.0 Å². The molecule has 1 saturated carbocycles. The molecule has 2 amide bonds. The fourth-order valence-corrected chi connectivity index (χ4v) is 5.93. The highest BCUT2D eigenvalue weighted by atomic mass is 16.6. The highest BCUT2D eigenvalue weighted by molar-refractivity contribution is 6.21. The lowest BCUT2D eigenvalue weighted by Gasteiger charge is -2.29. The molecule has 2 aliphatic heterocycles. The molecule has 1 aliphatic carbocycles. The Kier molecular flexibility index (Phi) is 5.18. The van der Waals surface area contributed by atoms with E-state index in [9.17, 15) is 19.8 Å². The fourth-order valence-electron chi connectivity index (χ4n) is 5.93. The number of carbonyl (C=O) groups excluding carboxylic acids is 2. The maximum Gasteiger partial charge on any atom is 0.262 e. The molecule has 0 radical (unpaired) electrons. The van der Waals surface area contributed by atoms with Gasteiger partial charge in [-0.2, -0.15) is 0 Å². The standard InChI is InChI=1S/C26H27N7O5/c1-24(2)25(36)17(38-23(26(24,25)37)33-14-30-18-19(27)28-13-29-20(18)33)12-31(3)10-6-7-11-32-21(34)15-8-4-5-9-16(15)22(32)35/h4-5,8-9,13-14,17,23,36-37H,10-12H2,1-3H3,(H2,27,28,29)/t17-,23-,25+,26-/m1/s1. The topological polar surface area (TPSA) is 160 Å². The average Bonchev–Trinajstić information content (AvgIpc) is 3.33. The number of nitrogens with two attached hydrogens (primary N) is 1. The van der Waals surface area contributed by atoms with Crippen molar-refractivity contribution in [2.24, 2.45) is 5.41 Å². The third-order valence-corrected chi connectivity index (χ3v) is 8.25. The number of benzene rings is 1. The molecule has 1 saturated heterocycles. The molecule has 196 valence electrons. The van der Waals surface area contributed by atoms with E-state index in [2.05, 4.69) is 26.8 Å². The number of aromatic nitrogens is 4. The van der Waals surface area contributed by atoms with Crippen LogP contribution in [0.3, 0.4) is 0 Å². The van der Waals surface area contributed by atoms with Gasteiger partial charge in [0, 0.05) is 12.0 Å². The summed E-state index contributed by atoms with van der Waals surface area (Å²) in [5.74, 6) is 5.38. The van der Waals surface area contributed by atoms with E-state index in [1.165, 1.54) is 12.7 Å². The lowest BCUT2D eigenvalue weighted by molar-refractivity contribution is -0.116. The number of aliphatic hydroxyl groups is 2. The predicted molar refractivity (Wildman–Crippen MR) is 134 cm³/mol. The quantitative estimate of drug-likeness (QED) is 0.311. The molecule has 0 spiro atoms. The molecule has 4 N–H and O–H groups in total. The van der Waals surface area contributed by atoms with Crippen molar-refractivity contribution in [1.82, 2.24) is 29.3 Å². The summed E-state index contributed by atoms with van der Waals surface area (Å²) < 4.78 is 7.79. The first-order valence-corrected chi connectivity index (χ1v) is 12.2. The first-order chi connectivity index (χ1) is 18.0. The lowest BCUT2D eigenvalue weighted by atomic mass is 10.0. The Labute approximate surface area is 218 Å². The number of fused-ring (bicyclic) bond motifs is 3. The Morgan fingerprint density at radius 2 is 1.76 bits per heavy atom. The van der Waals surface area contributed by atoms with Crippen LogP contribution in [0.5, 0.6) is 0 Å². The van der Waals surface area contributed by atoms with Gasteiger partial charge in [0.15, 0.2) is 17.7 Å². The summed E-state index contributed by atoms with van der Waals surface area (Å²) in [7, 11) is 1.81. The molecule has 3 aromatic rings. The van der Waals surface area contributed by atoms with E-state index in [1.54, 1.807) is 42.7 Å². The minimum atomic E-state index is -1.59. The number of carbonyl (C=O) groups is 2. The second kappa shape index (κ2) is 8.05. The van der Waals surface area contributed by atoms with Gasteiger partial charge in [-0.05, 0) is 19.2 Å². The van der Waals surface area contributed by atoms with Crippen LogP contribution in [-0.4, -0.2) is 95.3 Å². The number of imidazole rings is 1. The van der Waals surface area contributed by atoms with Gasteiger partial charge in [0.25, 0.3) is 11.8 Å². The first-order valence-electron chi connectivity index (χ1n) is 12.2. The lowest BCUT2D eigenvalue weighted by Crippen LogP contribution is -2.42. The summed E-state index contributed by atoms with van der Waals surface area (Å²) >= 11 is 0. The largest absolute Gasteiger partial charge is 0.383 e. The molecular weight excluding hydrogens is 490 g/mol. The fraction of sp³-hybridized carbons (Fsp3) is 0.423. The van der Waals surface area contributed by atoms with Crippen molar-refractivity contribution < 1.29 is 24.5 Å². The zero-order valence-electron chi connectivity index (χ0n) is 21.1. The van der Waals surface area contributed by atoms with Crippen molar-refractivity contribution in [2.75, 3.05) is 32.4 Å². The molecule has 2 fully saturated rings. The number of nitrogen functional groups attached to an aromatic ring is 1. The number of hydrogen-bond acceptors (Lipinski definition) is 10. The number of amides is 2. The van der Waals surface area contributed by atoms with Crippen LogP contribution in [0.15, 0.2) is 36.9 Å². The first kappa shape index (κ1) is 24.4. The summed E-state index contributed by atoms with van der Waals surface area (Å²) in [5, 5.41) is 23.3. The third kappa shape index (κ3) is 2.98. The highest BCUT2D eigenvalue weighted by Gasteiger charge is 2.92. The van der Waals surface area contributed by atoms with Crippen molar-refractivity contribution in [3.8, 4) is 11.8 Å². The number of rotatable bonds is 5. The highest BCUT2D eigenvalue weighted by Crippen LogP contribution is 2.75. The minimum Gasteiger partial charge on any atom is -0.383 e. The molecule has 4 heterocycles. The molecule has 2 aromatic heterocycles. The van der Waals surface area contributed by atoms with Crippen molar-refractivity contribution in [3.63, 3.8) is 0 Å². The van der Waals surface area contributed by atoms with Gasteiger partial charge in [0.2, 0.25) is 0 Å². The monoisotopic (exact) mass is 517 g/mol. The van der Waals surface area contributed by atoms with Gasteiger partial charge < -0.3 is 20.7 Å². The molecule has 12 nitrogen and oxygen atoms in total. The van der Waals surface area contributed by atoms with E-state index < -0.39 is 28.9 Å². The zero-order chi connectivity index (χ0) is 27.0. The third-order valence-electron chi connectivity index (χ3n) is 8.25. The average molecular weight is 518 g/mol. The molecule has 38 heavy (non-hydrogen) atoms. The normalized spacial score (nSPS) is 28.9. The van der Waals surface area contributed by atoms with E-state index in [4.69, 9.17) is 10.5 Å². The summed E-state index contributed by atoms with van der Waals surface area (Å²) in [6, 6.07) is 6.70. The van der Waals surface area contributed by atoms with Gasteiger partial charge in [-0.15, -0.1) is 0 Å². The van der Waals surface area contributed by atoms with Crippen LogP contribution in [0.2, 0.25) is 0 Å². The van der Waals surface area contributed by atoms with Crippen molar-refractivity contribution in [1.29, 1.82) is 0 Å². The van der Waals surface area contributed by atoms with Gasteiger partial charge in [-0.3, -0.25) is 24.0 Å². The van der Waals surface area contributed by atoms with Crippen molar-refractivity contribution in [2.45, 2.75) is 37.4 Å². The van der Waals surface area contributed by atoms with E-state index in [0.717, 1.165) is 4.90 Å². The predicted octanol–water partition coefficient (Wildman–Crippen LogP) is 0.0393. The number of ether oxygens (including phenoxy) is 1. The second-order valence-electron chi connectivity index (χ2n) is 10.5. The maximum absolute atomic E-state index is 12.5. The van der Waals surface area contributed by atoms with Crippen LogP contribution >= 0.6 is 0 Å². The van der Waals surface area contributed by atoms with Gasteiger partial charge in [-0.25, -0.2) is 15.0 Å². The van der Waals surface area contributed by atoms with Crippen molar-refractivity contribution >= 4 is 28.8 Å². The molecule has 3 aliphatic rings. The smallest absolute Gasteiger partial charge is 0.262 e. The summed E-state index contributed by atoms with van der Waals surface area (Å²) in [6.45, 7) is 4.13. The molecule has 0 unspecified atom stereocenters. The Morgan fingerprint density at radius 1 is 1.08 bits per heavy atom. The number of nitrogens with zero attached hydrogens (tertiary/aromatic N) is 6. The molecule has 12 heteroatoms. The van der Waals surface area contributed by atoms with Gasteiger partial charge in [-0.1, -0.05) is 37.8 Å². The van der Waals surface area contributed by atoms with Crippen LogP contribution in [0, 0.1) is 17.3 Å². The van der Waals surface area contributed by atoms with E-state index in [-0.39, 0.29) is 30.7 Å². The van der Waals surface area contributed by atoms with Gasteiger partial charge in [0.05, 0.1) is 30.5 Å². The Hall–Kier alpha value is -3.89. The van der Waals surface area contributed by atoms with Gasteiger partial charge >= 0.3 is 0 Å². The Balaban J connectivity index is 1.15. The molecule has 4 atom stereocenters. The summed E-state index contributed by atoms with van der Waals surface area (Å²) in [4.78, 5) is 40.4. The van der Waals surface area contributed by atoms with Crippen LogP contribution in [0.4, 0.5) is 5.82 Å². The van der Waals surface area contributed by atoms with Gasteiger partial charge in [0.1, 0.15) is 29.2 Å². The van der Waals surface area contributed by atoms with E-state index in [1.807, 2.05) is 11.9 Å². The molecular formula is C26H27N7O5. The zero-order valence-corrected chi connectivity index (χ0v) is 21.1. The number of anilines is 1. The van der Waals surface area contributed by atoms with Crippen LogP contribution < -0.4 is 5.73 Å². The molecule has 0 bridgehead atoms. The van der Waals surface area contributed by atoms with Crippen LogP contribution in [0.25, 0.3) is 11.2 Å². The second-order valence-corrected chi connectivity index (χ2v) is 10.5. The Bertz CT molecular complexity index is 1520. The SMILES string of the molecule is CN(CC#CCN1C(=O)c2ccccc2C1=O)C[C@H]1O[C@@H](n2cnc3c(N)ncnc32)[C@@]2(O)C(C)(C)[C@@]12O. The summed E-state index contributed by atoms with van der Waals surface area (Å²) in [5.41, 5.74) is 3.48. The summed E-state index contributed by atoms with van der Waals surface area (Å²) in [6.07, 6.45) is 1.10. The van der Waals surface area contributed by atoms with E-state index in [0.29, 0.717) is 28.8 Å². The Morgan fingerprint density at radius 3 is 2.45 bits per heavy atom. The minimum absolute atomic E-state index is 0.0163. The maximum atomic E-state index is 12.5. The van der Waals surface area contributed by atoms with E-state index >= 15 is 0 Å². The molecule has 6 rings (SSSR count). The molecule has 1 aromatic carbocycles.